The molecule has 0 radical (unpaired) electrons. The third-order valence-corrected chi connectivity index (χ3v) is 4.94. The SMILES string of the molecule is Nc1nsc(NCC2(O)CCCCC2)c1C1CC1. The molecule has 2 fully saturated rings. The third kappa shape index (κ3) is 2.47. The summed E-state index contributed by atoms with van der Waals surface area (Å²) < 4.78 is 4.24. The summed E-state index contributed by atoms with van der Waals surface area (Å²) in [6.07, 6.45) is 7.79. The second-order valence-corrected chi connectivity index (χ2v) is 6.50. The van der Waals surface area contributed by atoms with Gasteiger partial charge in [0.05, 0.1) is 5.60 Å². The maximum Gasteiger partial charge on any atom is 0.142 e. The zero-order valence-corrected chi connectivity index (χ0v) is 11.4. The molecule has 0 aromatic carbocycles. The molecule has 4 nitrogen and oxygen atoms in total. The van der Waals surface area contributed by atoms with Crippen LogP contribution in [0.15, 0.2) is 0 Å². The summed E-state index contributed by atoms with van der Waals surface area (Å²) in [6, 6.07) is 0. The van der Waals surface area contributed by atoms with Crippen molar-refractivity contribution in [3.05, 3.63) is 5.56 Å². The molecule has 0 amide bonds. The number of nitrogens with one attached hydrogen (secondary N) is 1. The molecule has 1 aromatic heterocycles. The zero-order valence-electron chi connectivity index (χ0n) is 10.6. The Morgan fingerprint density at radius 2 is 2.06 bits per heavy atom. The van der Waals surface area contributed by atoms with Crippen LogP contribution in [0.3, 0.4) is 0 Å². The van der Waals surface area contributed by atoms with Crippen LogP contribution in [0.25, 0.3) is 0 Å². The highest BCUT2D eigenvalue weighted by atomic mass is 32.1. The largest absolute Gasteiger partial charge is 0.388 e. The molecule has 2 saturated carbocycles. The maximum absolute atomic E-state index is 10.5. The lowest BCUT2D eigenvalue weighted by Crippen LogP contribution is -2.38. The molecule has 18 heavy (non-hydrogen) atoms. The average Bonchev–Trinajstić information content (AvgIpc) is 3.12. The van der Waals surface area contributed by atoms with E-state index in [4.69, 9.17) is 5.73 Å². The number of hydrogen-bond donors (Lipinski definition) is 3. The van der Waals surface area contributed by atoms with Crippen LogP contribution in [0, 0.1) is 0 Å². The molecule has 2 aliphatic carbocycles. The quantitative estimate of drug-likeness (QED) is 0.784. The first kappa shape index (κ1) is 12.2. The van der Waals surface area contributed by atoms with E-state index in [-0.39, 0.29) is 0 Å². The van der Waals surface area contributed by atoms with E-state index in [1.54, 1.807) is 0 Å². The van der Waals surface area contributed by atoms with Gasteiger partial charge in [0.15, 0.2) is 0 Å². The van der Waals surface area contributed by atoms with Crippen molar-refractivity contribution in [2.45, 2.75) is 56.5 Å². The van der Waals surface area contributed by atoms with Crippen molar-refractivity contribution < 1.29 is 5.11 Å². The van der Waals surface area contributed by atoms with Crippen LogP contribution in [0.5, 0.6) is 0 Å². The number of aliphatic hydroxyl groups is 1. The van der Waals surface area contributed by atoms with Gasteiger partial charge in [-0.15, -0.1) is 0 Å². The van der Waals surface area contributed by atoms with Gasteiger partial charge in [-0.25, -0.2) is 0 Å². The molecule has 100 valence electrons. The third-order valence-electron chi connectivity index (χ3n) is 4.10. The average molecular weight is 267 g/mol. The van der Waals surface area contributed by atoms with E-state index in [0.29, 0.717) is 18.3 Å². The Hall–Kier alpha value is -0.810. The van der Waals surface area contributed by atoms with Gasteiger partial charge in [0.25, 0.3) is 0 Å². The number of nitrogens with zero attached hydrogens (tertiary/aromatic N) is 1. The number of aromatic nitrogens is 1. The summed E-state index contributed by atoms with van der Waals surface area (Å²) in [7, 11) is 0. The highest BCUT2D eigenvalue weighted by Crippen LogP contribution is 2.47. The summed E-state index contributed by atoms with van der Waals surface area (Å²) in [6.45, 7) is 0.633. The fraction of sp³-hybridized carbons (Fsp3) is 0.769. The van der Waals surface area contributed by atoms with Crippen LogP contribution >= 0.6 is 11.5 Å². The Kier molecular flexibility index (Phi) is 3.20. The van der Waals surface area contributed by atoms with Crippen LogP contribution in [-0.4, -0.2) is 21.6 Å². The Morgan fingerprint density at radius 3 is 2.72 bits per heavy atom. The molecule has 5 heteroatoms. The zero-order chi connectivity index (χ0) is 12.6. The van der Waals surface area contributed by atoms with E-state index in [1.165, 1.54) is 36.4 Å². The van der Waals surface area contributed by atoms with Crippen molar-refractivity contribution in [2.24, 2.45) is 0 Å². The fourth-order valence-electron chi connectivity index (χ4n) is 2.84. The van der Waals surface area contributed by atoms with Gasteiger partial charge in [-0.2, -0.15) is 4.37 Å². The van der Waals surface area contributed by atoms with E-state index in [9.17, 15) is 5.11 Å². The van der Waals surface area contributed by atoms with Crippen molar-refractivity contribution in [3.63, 3.8) is 0 Å². The highest BCUT2D eigenvalue weighted by Gasteiger charge is 2.33. The van der Waals surface area contributed by atoms with Gasteiger partial charge >= 0.3 is 0 Å². The number of hydrogen-bond acceptors (Lipinski definition) is 5. The predicted octanol–water partition coefficient (Wildman–Crippen LogP) is 2.71. The molecule has 0 saturated heterocycles. The lowest BCUT2D eigenvalue weighted by Gasteiger charge is -2.32. The van der Waals surface area contributed by atoms with Crippen molar-refractivity contribution in [3.8, 4) is 0 Å². The van der Waals surface area contributed by atoms with Gasteiger partial charge in [0.2, 0.25) is 0 Å². The van der Waals surface area contributed by atoms with Crippen LogP contribution in [-0.2, 0) is 0 Å². The van der Waals surface area contributed by atoms with Crippen LogP contribution in [0.2, 0.25) is 0 Å². The molecule has 0 aliphatic heterocycles. The molecule has 0 atom stereocenters. The van der Waals surface area contributed by atoms with E-state index >= 15 is 0 Å². The Bertz CT molecular complexity index is 422. The molecular formula is C13H21N3OS. The molecule has 4 N–H and O–H groups in total. The monoisotopic (exact) mass is 267 g/mol. The number of nitrogens with two attached hydrogens (primary N) is 1. The van der Waals surface area contributed by atoms with Crippen molar-refractivity contribution >= 4 is 22.4 Å². The first-order chi connectivity index (χ1) is 8.68. The Morgan fingerprint density at radius 1 is 1.33 bits per heavy atom. The smallest absolute Gasteiger partial charge is 0.142 e. The lowest BCUT2D eigenvalue weighted by atomic mass is 9.85. The van der Waals surface area contributed by atoms with Crippen molar-refractivity contribution in [1.82, 2.24) is 4.37 Å². The van der Waals surface area contributed by atoms with Gasteiger partial charge in [-0.1, -0.05) is 19.3 Å². The van der Waals surface area contributed by atoms with E-state index in [0.717, 1.165) is 30.7 Å². The van der Waals surface area contributed by atoms with Gasteiger partial charge in [-0.3, -0.25) is 0 Å². The summed E-state index contributed by atoms with van der Waals surface area (Å²) in [5.74, 6) is 1.29. The summed E-state index contributed by atoms with van der Waals surface area (Å²) in [5, 5.41) is 14.9. The molecular weight excluding hydrogens is 246 g/mol. The van der Waals surface area contributed by atoms with Crippen molar-refractivity contribution in [1.29, 1.82) is 0 Å². The minimum Gasteiger partial charge on any atom is -0.388 e. The standard InChI is InChI=1S/C13H21N3OS/c14-11-10(9-4-5-9)12(18-16-11)15-8-13(17)6-2-1-3-7-13/h9,15,17H,1-8H2,(H2,14,16). The van der Waals surface area contributed by atoms with E-state index in [1.807, 2.05) is 0 Å². The minimum absolute atomic E-state index is 0.530. The van der Waals surface area contributed by atoms with Gasteiger partial charge < -0.3 is 16.2 Å². The number of rotatable bonds is 4. The first-order valence-corrected chi connectivity index (χ1v) is 7.67. The Balaban J connectivity index is 1.65. The first-order valence-electron chi connectivity index (χ1n) is 6.89. The number of nitrogen functional groups attached to an aromatic ring is 1. The summed E-state index contributed by atoms with van der Waals surface area (Å²) in [5.41, 5.74) is 6.58. The molecule has 0 unspecified atom stereocenters. The van der Waals surface area contributed by atoms with Gasteiger partial charge in [0, 0.05) is 12.1 Å². The van der Waals surface area contributed by atoms with Crippen LogP contribution in [0.1, 0.15) is 56.4 Å². The second-order valence-electron chi connectivity index (χ2n) is 5.72. The summed E-state index contributed by atoms with van der Waals surface area (Å²) in [4.78, 5) is 0. The summed E-state index contributed by atoms with van der Waals surface area (Å²) >= 11 is 1.43. The lowest BCUT2D eigenvalue weighted by molar-refractivity contribution is 0.0168. The molecule has 2 aliphatic rings. The minimum atomic E-state index is -0.530. The normalized spacial score (nSPS) is 22.9. The van der Waals surface area contributed by atoms with Crippen LogP contribution < -0.4 is 11.1 Å². The van der Waals surface area contributed by atoms with E-state index in [2.05, 4.69) is 9.69 Å². The molecule has 1 aromatic rings. The topological polar surface area (TPSA) is 71.2 Å². The fourth-order valence-corrected chi connectivity index (χ4v) is 3.63. The Labute approximate surface area is 112 Å². The second kappa shape index (κ2) is 4.70. The molecule has 0 spiro atoms. The predicted molar refractivity (Wildman–Crippen MR) is 75.0 cm³/mol. The van der Waals surface area contributed by atoms with Crippen LogP contribution in [0.4, 0.5) is 10.8 Å². The molecule has 3 rings (SSSR count). The molecule has 1 heterocycles. The van der Waals surface area contributed by atoms with E-state index < -0.39 is 5.60 Å². The molecule has 0 bridgehead atoms. The number of anilines is 2. The van der Waals surface area contributed by atoms with Gasteiger partial charge in [-0.05, 0) is 43.1 Å². The maximum atomic E-state index is 10.5. The van der Waals surface area contributed by atoms with Crippen molar-refractivity contribution in [2.75, 3.05) is 17.6 Å². The van der Waals surface area contributed by atoms with Gasteiger partial charge in [0.1, 0.15) is 10.8 Å². The highest BCUT2D eigenvalue weighted by molar-refractivity contribution is 7.10.